The van der Waals surface area contributed by atoms with Crippen LogP contribution in [-0.4, -0.2) is 63.8 Å². The molecular formula is C16H22F4N4O2+2. The van der Waals surface area contributed by atoms with Crippen LogP contribution in [0.5, 0.6) is 0 Å². The quantitative estimate of drug-likeness (QED) is 0.443. The van der Waals surface area contributed by atoms with E-state index in [1.54, 1.807) is 0 Å². The number of piperazine rings is 1. The molecule has 1 heterocycles. The Morgan fingerprint density at radius 1 is 0.923 bits per heavy atom. The number of quaternary nitrogens is 2. The van der Waals surface area contributed by atoms with Crippen LogP contribution in [0, 0.1) is 5.82 Å². The van der Waals surface area contributed by atoms with Gasteiger partial charge in [0.2, 0.25) is 0 Å². The third-order valence-electron chi connectivity index (χ3n) is 4.10. The summed E-state index contributed by atoms with van der Waals surface area (Å²) in [6.07, 6.45) is -4.41. The van der Waals surface area contributed by atoms with Gasteiger partial charge in [-0.3, -0.25) is 9.59 Å². The molecule has 2 rings (SSSR count). The standard InChI is InChI=1S/C16H20F4N4O2/c17-12-1-3-13(4-2-12)22-15(26)10-24-7-5-23(6-8-24)9-14(25)21-11-16(18,19)20/h1-4H,5-11H2,(H,21,25)(H,22,26)/p+2. The number of nitrogens with one attached hydrogen (secondary N) is 4. The fourth-order valence-electron chi connectivity index (χ4n) is 2.76. The molecule has 1 aromatic rings. The monoisotopic (exact) mass is 378 g/mol. The SMILES string of the molecule is O=C(C[NH+]1CC[NH+](CC(=O)Nc2ccc(F)cc2)CC1)NCC(F)(F)F. The largest absolute Gasteiger partial charge is 0.405 e. The van der Waals surface area contributed by atoms with Gasteiger partial charge in [0.05, 0.1) is 0 Å². The van der Waals surface area contributed by atoms with E-state index in [1.807, 2.05) is 5.32 Å². The predicted octanol–water partition coefficient (Wildman–Crippen LogP) is -1.77. The van der Waals surface area contributed by atoms with Crippen LogP contribution in [0.15, 0.2) is 24.3 Å². The molecule has 1 aliphatic heterocycles. The third-order valence-corrected chi connectivity index (χ3v) is 4.10. The van der Waals surface area contributed by atoms with E-state index in [9.17, 15) is 27.2 Å². The highest BCUT2D eigenvalue weighted by Gasteiger charge is 2.30. The van der Waals surface area contributed by atoms with E-state index in [4.69, 9.17) is 0 Å². The molecule has 26 heavy (non-hydrogen) atoms. The minimum absolute atomic E-state index is 0.00879. The van der Waals surface area contributed by atoms with Crippen molar-refractivity contribution in [2.75, 3.05) is 51.1 Å². The molecule has 0 spiro atoms. The normalized spacial score (nSPS) is 20.5. The van der Waals surface area contributed by atoms with Gasteiger partial charge in [0.25, 0.3) is 11.8 Å². The lowest BCUT2D eigenvalue weighted by atomic mass is 10.3. The first-order chi connectivity index (χ1) is 12.2. The molecule has 0 aliphatic carbocycles. The van der Waals surface area contributed by atoms with Crippen molar-refractivity contribution in [3.05, 3.63) is 30.1 Å². The van der Waals surface area contributed by atoms with Crippen molar-refractivity contribution in [2.24, 2.45) is 0 Å². The molecule has 0 saturated carbocycles. The number of carbonyl (C=O) groups excluding carboxylic acids is 2. The lowest BCUT2D eigenvalue weighted by Crippen LogP contribution is -3.28. The average molecular weight is 378 g/mol. The highest BCUT2D eigenvalue weighted by atomic mass is 19.4. The Labute approximate surface area is 148 Å². The number of halogens is 4. The van der Waals surface area contributed by atoms with E-state index in [2.05, 4.69) is 5.32 Å². The number of benzene rings is 1. The molecule has 1 aromatic carbocycles. The number of amides is 2. The van der Waals surface area contributed by atoms with E-state index in [1.165, 1.54) is 24.3 Å². The van der Waals surface area contributed by atoms with Crippen LogP contribution >= 0.6 is 0 Å². The maximum absolute atomic E-state index is 12.8. The zero-order chi connectivity index (χ0) is 19.2. The van der Waals surface area contributed by atoms with Gasteiger partial charge in [-0.05, 0) is 24.3 Å². The summed E-state index contributed by atoms with van der Waals surface area (Å²) in [5, 5.41) is 4.55. The summed E-state index contributed by atoms with van der Waals surface area (Å²) >= 11 is 0. The van der Waals surface area contributed by atoms with Gasteiger partial charge < -0.3 is 20.4 Å². The minimum Gasteiger partial charge on any atom is -0.342 e. The third kappa shape index (κ3) is 7.36. The molecular weight excluding hydrogens is 356 g/mol. The van der Waals surface area contributed by atoms with Crippen LogP contribution in [-0.2, 0) is 9.59 Å². The molecule has 0 aromatic heterocycles. The van der Waals surface area contributed by atoms with Crippen molar-refractivity contribution in [2.45, 2.75) is 6.18 Å². The van der Waals surface area contributed by atoms with E-state index in [0.717, 1.165) is 9.80 Å². The topological polar surface area (TPSA) is 67.1 Å². The van der Waals surface area contributed by atoms with E-state index in [0.29, 0.717) is 31.9 Å². The number of rotatable bonds is 6. The molecule has 0 atom stereocenters. The van der Waals surface area contributed by atoms with Crippen molar-refractivity contribution < 1.29 is 37.0 Å². The van der Waals surface area contributed by atoms with Gasteiger partial charge in [-0.1, -0.05) is 0 Å². The summed E-state index contributed by atoms with van der Waals surface area (Å²) in [5.41, 5.74) is 0.515. The van der Waals surface area contributed by atoms with Crippen molar-refractivity contribution in [3.8, 4) is 0 Å². The molecule has 6 nitrogen and oxygen atoms in total. The summed E-state index contributed by atoms with van der Waals surface area (Å²) in [4.78, 5) is 25.4. The molecule has 4 N–H and O–H groups in total. The minimum atomic E-state index is -4.41. The smallest absolute Gasteiger partial charge is 0.342 e. The molecule has 0 radical (unpaired) electrons. The number of alkyl halides is 3. The Morgan fingerprint density at radius 2 is 1.42 bits per heavy atom. The number of carbonyl (C=O) groups is 2. The van der Waals surface area contributed by atoms with Crippen molar-refractivity contribution in [1.82, 2.24) is 5.32 Å². The molecule has 10 heteroatoms. The molecule has 1 fully saturated rings. The Kier molecular flexibility index (Phi) is 6.92. The van der Waals surface area contributed by atoms with Gasteiger partial charge in [-0.15, -0.1) is 0 Å². The second-order valence-electron chi connectivity index (χ2n) is 6.30. The maximum Gasteiger partial charge on any atom is 0.405 e. The molecule has 144 valence electrons. The molecule has 2 amide bonds. The van der Waals surface area contributed by atoms with Gasteiger partial charge in [-0.2, -0.15) is 13.2 Å². The van der Waals surface area contributed by atoms with Crippen molar-refractivity contribution in [1.29, 1.82) is 0 Å². The van der Waals surface area contributed by atoms with Crippen molar-refractivity contribution >= 4 is 17.5 Å². The average Bonchev–Trinajstić information content (AvgIpc) is 2.56. The number of anilines is 1. The number of hydrogen-bond donors (Lipinski definition) is 4. The molecule has 1 saturated heterocycles. The summed E-state index contributed by atoms with van der Waals surface area (Å²) in [6.45, 7) is 1.38. The Bertz CT molecular complexity index is 614. The summed E-state index contributed by atoms with van der Waals surface area (Å²) in [6, 6.07) is 5.47. The van der Waals surface area contributed by atoms with Crippen LogP contribution in [0.3, 0.4) is 0 Å². The Morgan fingerprint density at radius 3 is 1.92 bits per heavy atom. The van der Waals surface area contributed by atoms with Crippen LogP contribution in [0.25, 0.3) is 0 Å². The maximum atomic E-state index is 12.8. The van der Waals surface area contributed by atoms with Gasteiger partial charge in [0.15, 0.2) is 13.1 Å². The van der Waals surface area contributed by atoms with E-state index in [-0.39, 0.29) is 24.8 Å². The van der Waals surface area contributed by atoms with E-state index >= 15 is 0 Å². The first-order valence-corrected chi connectivity index (χ1v) is 8.27. The fraction of sp³-hybridized carbons (Fsp3) is 0.500. The van der Waals surface area contributed by atoms with Crippen LogP contribution in [0.4, 0.5) is 23.2 Å². The molecule has 0 unspecified atom stereocenters. The van der Waals surface area contributed by atoms with Crippen molar-refractivity contribution in [3.63, 3.8) is 0 Å². The predicted molar refractivity (Wildman–Crippen MR) is 85.2 cm³/mol. The second kappa shape index (κ2) is 8.95. The lowest BCUT2D eigenvalue weighted by molar-refractivity contribution is -1.00. The number of hydrogen-bond acceptors (Lipinski definition) is 2. The highest BCUT2D eigenvalue weighted by molar-refractivity contribution is 5.91. The second-order valence-corrected chi connectivity index (χ2v) is 6.30. The van der Waals surface area contributed by atoms with Gasteiger partial charge in [-0.25, -0.2) is 4.39 Å². The van der Waals surface area contributed by atoms with Gasteiger partial charge in [0.1, 0.15) is 38.5 Å². The Balaban J connectivity index is 1.67. The lowest BCUT2D eigenvalue weighted by Gasteiger charge is -2.29. The summed E-state index contributed by atoms with van der Waals surface area (Å²) < 4.78 is 49.0. The highest BCUT2D eigenvalue weighted by Crippen LogP contribution is 2.11. The van der Waals surface area contributed by atoms with Crippen LogP contribution in [0.1, 0.15) is 0 Å². The van der Waals surface area contributed by atoms with Gasteiger partial charge in [0, 0.05) is 5.69 Å². The van der Waals surface area contributed by atoms with Gasteiger partial charge >= 0.3 is 6.18 Å². The molecule has 1 aliphatic rings. The van der Waals surface area contributed by atoms with E-state index < -0.39 is 18.6 Å². The molecule has 0 bridgehead atoms. The zero-order valence-corrected chi connectivity index (χ0v) is 14.1. The first-order valence-electron chi connectivity index (χ1n) is 8.27. The van der Waals surface area contributed by atoms with Crippen LogP contribution in [0.2, 0.25) is 0 Å². The summed E-state index contributed by atoms with van der Waals surface area (Å²) in [7, 11) is 0. The summed E-state index contributed by atoms with van der Waals surface area (Å²) in [5.74, 6) is -1.21. The zero-order valence-electron chi connectivity index (χ0n) is 14.1. The van der Waals surface area contributed by atoms with Crippen LogP contribution < -0.4 is 20.4 Å². The fourth-order valence-corrected chi connectivity index (χ4v) is 2.76. The Hall–Kier alpha value is -2.20. The first kappa shape index (κ1) is 20.1.